The summed E-state index contributed by atoms with van der Waals surface area (Å²) in [5.41, 5.74) is 6.30. The van der Waals surface area contributed by atoms with Gasteiger partial charge in [0.2, 0.25) is 0 Å². The third-order valence-electron chi connectivity index (χ3n) is 2.95. The molecule has 0 saturated heterocycles. The minimum Gasteiger partial charge on any atom is -0.477 e. The summed E-state index contributed by atoms with van der Waals surface area (Å²) < 4.78 is 0. The Morgan fingerprint density at radius 1 is 1.40 bits per heavy atom. The van der Waals surface area contributed by atoms with Gasteiger partial charge in [0.1, 0.15) is 0 Å². The molecule has 0 aliphatic carbocycles. The zero-order chi connectivity index (χ0) is 14.7. The number of carboxylic acid groups (broad SMARTS) is 1. The van der Waals surface area contributed by atoms with E-state index in [4.69, 9.17) is 10.8 Å². The molecule has 2 rings (SSSR count). The molecular weight excluding hydrogens is 274 g/mol. The van der Waals surface area contributed by atoms with Crippen LogP contribution in [0.3, 0.4) is 0 Å². The van der Waals surface area contributed by atoms with Crippen molar-refractivity contribution in [3.63, 3.8) is 0 Å². The Morgan fingerprint density at radius 2 is 2.15 bits per heavy atom. The van der Waals surface area contributed by atoms with Crippen LogP contribution in [-0.4, -0.2) is 16.1 Å². The van der Waals surface area contributed by atoms with E-state index in [0.717, 1.165) is 0 Å². The number of aromatic carboxylic acids is 1. The van der Waals surface area contributed by atoms with Crippen LogP contribution >= 0.6 is 11.3 Å². The molecule has 2 aromatic heterocycles. The van der Waals surface area contributed by atoms with E-state index in [1.807, 2.05) is 17.5 Å². The van der Waals surface area contributed by atoms with Crippen molar-refractivity contribution in [3.8, 4) is 0 Å². The van der Waals surface area contributed by atoms with E-state index in [1.165, 1.54) is 10.9 Å². The molecule has 2 heterocycles. The summed E-state index contributed by atoms with van der Waals surface area (Å²) in [5, 5.41) is 14.3. The van der Waals surface area contributed by atoms with E-state index in [9.17, 15) is 4.79 Å². The molecule has 0 aliphatic heterocycles. The second kappa shape index (κ2) is 5.92. The summed E-state index contributed by atoms with van der Waals surface area (Å²) in [5.74, 6) is -0.328. The van der Waals surface area contributed by atoms with E-state index < -0.39 is 5.97 Å². The van der Waals surface area contributed by atoms with Crippen molar-refractivity contribution < 1.29 is 9.90 Å². The molecular formula is C14H17N3O2S. The van der Waals surface area contributed by atoms with Gasteiger partial charge in [-0.25, -0.2) is 9.78 Å². The van der Waals surface area contributed by atoms with Gasteiger partial charge in [0.25, 0.3) is 0 Å². The highest BCUT2D eigenvalue weighted by atomic mass is 32.1. The Kier molecular flexibility index (Phi) is 4.24. The molecule has 0 bridgehead atoms. The lowest BCUT2D eigenvalue weighted by atomic mass is 10.0. The Hall–Kier alpha value is -2.08. The van der Waals surface area contributed by atoms with Gasteiger partial charge in [0, 0.05) is 4.88 Å². The maximum atomic E-state index is 11.0. The van der Waals surface area contributed by atoms with Crippen molar-refractivity contribution in [1.82, 2.24) is 4.98 Å². The van der Waals surface area contributed by atoms with Crippen molar-refractivity contribution in [3.05, 3.63) is 40.2 Å². The fraction of sp³-hybridized carbons (Fsp3) is 0.286. The van der Waals surface area contributed by atoms with Crippen LogP contribution in [0.5, 0.6) is 0 Å². The zero-order valence-electron chi connectivity index (χ0n) is 11.3. The van der Waals surface area contributed by atoms with Gasteiger partial charge in [0.15, 0.2) is 11.5 Å². The van der Waals surface area contributed by atoms with Gasteiger partial charge in [-0.15, -0.1) is 11.3 Å². The van der Waals surface area contributed by atoms with Gasteiger partial charge in [-0.1, -0.05) is 19.9 Å². The molecule has 0 radical (unpaired) electrons. The lowest BCUT2D eigenvalue weighted by Crippen LogP contribution is -2.18. The van der Waals surface area contributed by atoms with E-state index in [2.05, 4.69) is 24.1 Å². The Labute approximate surface area is 121 Å². The van der Waals surface area contributed by atoms with Crippen LogP contribution < -0.4 is 11.1 Å². The summed E-state index contributed by atoms with van der Waals surface area (Å²) in [6.07, 6.45) is 0. The van der Waals surface area contributed by atoms with Crippen LogP contribution in [0.25, 0.3) is 0 Å². The number of hydrogen-bond acceptors (Lipinski definition) is 5. The molecule has 2 aromatic rings. The van der Waals surface area contributed by atoms with Crippen LogP contribution in [0.4, 0.5) is 11.5 Å². The van der Waals surface area contributed by atoms with Gasteiger partial charge in [-0.05, 0) is 29.5 Å². The number of carbonyl (C=O) groups is 1. The Morgan fingerprint density at radius 3 is 2.70 bits per heavy atom. The van der Waals surface area contributed by atoms with Gasteiger partial charge >= 0.3 is 5.97 Å². The van der Waals surface area contributed by atoms with Gasteiger partial charge in [0.05, 0.1) is 11.7 Å². The quantitative estimate of drug-likeness (QED) is 0.787. The van der Waals surface area contributed by atoms with Gasteiger partial charge in [-0.3, -0.25) is 0 Å². The standard InChI is InChI=1S/C14H17N3O2S/c1-8(2)12(11-4-3-7-20-11)17-13-9(15)5-6-10(16-13)14(18)19/h3-8,12H,15H2,1-2H3,(H,16,17)(H,18,19). The molecule has 0 aromatic carbocycles. The molecule has 20 heavy (non-hydrogen) atoms. The fourth-order valence-electron chi connectivity index (χ4n) is 1.89. The number of pyridine rings is 1. The number of carboxylic acids is 1. The molecule has 0 saturated carbocycles. The first-order valence-corrected chi connectivity index (χ1v) is 7.16. The Balaban J connectivity index is 2.31. The number of nitrogens with zero attached hydrogens (tertiary/aromatic N) is 1. The largest absolute Gasteiger partial charge is 0.477 e. The van der Waals surface area contributed by atoms with Crippen LogP contribution in [0.15, 0.2) is 29.6 Å². The first-order valence-electron chi connectivity index (χ1n) is 6.28. The van der Waals surface area contributed by atoms with E-state index in [1.54, 1.807) is 17.4 Å². The lowest BCUT2D eigenvalue weighted by molar-refractivity contribution is 0.0690. The third kappa shape index (κ3) is 3.08. The van der Waals surface area contributed by atoms with Crippen molar-refractivity contribution in [2.75, 3.05) is 11.1 Å². The number of thiophene rings is 1. The average Bonchev–Trinajstić information content (AvgIpc) is 2.90. The first-order chi connectivity index (χ1) is 9.49. The number of hydrogen-bond donors (Lipinski definition) is 3. The second-order valence-electron chi connectivity index (χ2n) is 4.82. The smallest absolute Gasteiger partial charge is 0.354 e. The minimum atomic E-state index is -1.06. The predicted molar refractivity (Wildman–Crippen MR) is 81.1 cm³/mol. The molecule has 0 aliphatic rings. The first kappa shape index (κ1) is 14.3. The van der Waals surface area contributed by atoms with Crippen LogP contribution in [0.2, 0.25) is 0 Å². The molecule has 0 amide bonds. The molecule has 1 atom stereocenters. The molecule has 5 nitrogen and oxygen atoms in total. The fourth-order valence-corrected chi connectivity index (χ4v) is 2.84. The van der Waals surface area contributed by atoms with E-state index >= 15 is 0 Å². The summed E-state index contributed by atoms with van der Waals surface area (Å²) in [6, 6.07) is 7.04. The maximum absolute atomic E-state index is 11.0. The number of nitrogens with two attached hydrogens (primary N) is 1. The monoisotopic (exact) mass is 291 g/mol. The molecule has 0 spiro atoms. The third-order valence-corrected chi connectivity index (χ3v) is 3.91. The van der Waals surface area contributed by atoms with E-state index in [-0.39, 0.29) is 11.7 Å². The number of rotatable bonds is 5. The van der Waals surface area contributed by atoms with Crippen molar-refractivity contribution in [1.29, 1.82) is 0 Å². The highest BCUT2D eigenvalue weighted by Crippen LogP contribution is 2.30. The predicted octanol–water partition coefficient (Wildman–Crippen LogP) is 3.23. The molecule has 6 heteroatoms. The maximum Gasteiger partial charge on any atom is 0.354 e. The van der Waals surface area contributed by atoms with Gasteiger partial charge in [-0.2, -0.15) is 0 Å². The van der Waals surface area contributed by atoms with Crippen LogP contribution in [-0.2, 0) is 0 Å². The second-order valence-corrected chi connectivity index (χ2v) is 5.80. The molecule has 106 valence electrons. The molecule has 4 N–H and O–H groups in total. The number of aromatic nitrogens is 1. The molecule has 0 fully saturated rings. The van der Waals surface area contributed by atoms with Gasteiger partial charge < -0.3 is 16.2 Å². The zero-order valence-corrected chi connectivity index (χ0v) is 12.1. The van der Waals surface area contributed by atoms with Crippen molar-refractivity contribution in [2.45, 2.75) is 19.9 Å². The Bertz CT molecular complexity index is 596. The average molecular weight is 291 g/mol. The highest BCUT2D eigenvalue weighted by molar-refractivity contribution is 7.10. The molecule has 1 unspecified atom stereocenters. The summed E-state index contributed by atoms with van der Waals surface area (Å²) in [6.45, 7) is 4.18. The number of nitrogens with one attached hydrogen (secondary N) is 1. The minimum absolute atomic E-state index is 0.0182. The lowest BCUT2D eigenvalue weighted by Gasteiger charge is -2.22. The topological polar surface area (TPSA) is 88.2 Å². The normalized spacial score (nSPS) is 12.3. The highest BCUT2D eigenvalue weighted by Gasteiger charge is 2.19. The van der Waals surface area contributed by atoms with Crippen molar-refractivity contribution >= 4 is 28.8 Å². The number of anilines is 2. The van der Waals surface area contributed by atoms with E-state index in [0.29, 0.717) is 17.4 Å². The summed E-state index contributed by atoms with van der Waals surface area (Å²) in [7, 11) is 0. The van der Waals surface area contributed by atoms with Crippen LogP contribution in [0.1, 0.15) is 35.3 Å². The van der Waals surface area contributed by atoms with Crippen molar-refractivity contribution in [2.24, 2.45) is 5.92 Å². The SMILES string of the molecule is CC(C)C(Nc1nc(C(=O)O)ccc1N)c1cccs1. The summed E-state index contributed by atoms with van der Waals surface area (Å²) >= 11 is 1.65. The summed E-state index contributed by atoms with van der Waals surface area (Å²) in [4.78, 5) is 16.2. The number of nitrogen functional groups attached to an aromatic ring is 1. The van der Waals surface area contributed by atoms with Crippen LogP contribution in [0, 0.1) is 5.92 Å².